The number of carbonyl (C=O) groups excluding carboxylic acids is 1. The lowest BCUT2D eigenvalue weighted by molar-refractivity contribution is -0.145. The molecule has 0 spiro atoms. The molecule has 3 atom stereocenters. The van der Waals surface area contributed by atoms with Crippen molar-refractivity contribution in [2.24, 2.45) is 5.92 Å². The third kappa shape index (κ3) is 3.77. The van der Waals surface area contributed by atoms with Gasteiger partial charge in [-0.25, -0.2) is 9.59 Å². The number of nitrogens with zero attached hydrogens (tertiary/aromatic N) is 1. The van der Waals surface area contributed by atoms with Crippen molar-refractivity contribution in [1.29, 1.82) is 0 Å². The molecule has 1 aliphatic heterocycles. The minimum atomic E-state index is -0.873. The minimum Gasteiger partial charge on any atom is -0.480 e. The van der Waals surface area contributed by atoms with Crippen molar-refractivity contribution in [2.75, 3.05) is 6.54 Å². The van der Waals surface area contributed by atoms with Crippen LogP contribution in [0.4, 0.5) is 4.79 Å². The van der Waals surface area contributed by atoms with Gasteiger partial charge in [0.2, 0.25) is 0 Å². The molecule has 1 saturated carbocycles. The number of fused-ring (bicyclic) bond motifs is 1. The van der Waals surface area contributed by atoms with E-state index in [2.05, 4.69) is 5.32 Å². The van der Waals surface area contributed by atoms with E-state index in [0.717, 1.165) is 32.1 Å². The lowest BCUT2D eigenvalue weighted by atomic mass is 9.76. The largest absolute Gasteiger partial charge is 0.480 e. The number of hydrogen-bond acceptors (Lipinski definition) is 2. The summed E-state index contributed by atoms with van der Waals surface area (Å²) in [5, 5.41) is 12.3. The van der Waals surface area contributed by atoms with E-state index in [1.165, 1.54) is 6.42 Å². The van der Waals surface area contributed by atoms with E-state index >= 15 is 0 Å². The van der Waals surface area contributed by atoms with E-state index in [1.807, 2.05) is 19.1 Å². The Bertz CT molecular complexity index is 408. The van der Waals surface area contributed by atoms with Crippen LogP contribution in [0.1, 0.15) is 51.9 Å². The summed E-state index contributed by atoms with van der Waals surface area (Å²) in [7, 11) is 0. The van der Waals surface area contributed by atoms with Gasteiger partial charge in [-0.2, -0.15) is 0 Å². The number of likely N-dealkylation sites (tertiary alicyclic amines) is 1. The van der Waals surface area contributed by atoms with Crippen LogP contribution in [-0.2, 0) is 4.79 Å². The lowest BCUT2D eigenvalue weighted by Crippen LogP contribution is -2.60. The third-order valence-corrected chi connectivity index (χ3v) is 4.72. The molecule has 2 N–H and O–H groups in total. The van der Waals surface area contributed by atoms with Crippen molar-refractivity contribution in [3.63, 3.8) is 0 Å². The molecule has 5 heteroatoms. The summed E-state index contributed by atoms with van der Waals surface area (Å²) in [6, 6.07) is -0.759. The van der Waals surface area contributed by atoms with Crippen molar-refractivity contribution in [1.82, 2.24) is 10.2 Å². The zero-order chi connectivity index (χ0) is 15.2. The van der Waals surface area contributed by atoms with Crippen molar-refractivity contribution in [2.45, 2.75) is 64.0 Å². The maximum absolute atomic E-state index is 12.5. The van der Waals surface area contributed by atoms with Gasteiger partial charge in [0.05, 0.1) is 0 Å². The highest BCUT2D eigenvalue weighted by atomic mass is 16.4. The number of nitrogens with one attached hydrogen (secondary N) is 1. The SMILES string of the molecule is C/C=C/CCNC(=O)N1C(C(=O)O)CCC2CCCCC21. The fourth-order valence-electron chi connectivity index (χ4n) is 3.69. The molecule has 0 aromatic heterocycles. The summed E-state index contributed by atoms with van der Waals surface area (Å²) in [4.78, 5) is 25.6. The molecule has 3 unspecified atom stereocenters. The number of carboxylic acids is 1. The Morgan fingerprint density at radius 2 is 2.00 bits per heavy atom. The first-order valence-corrected chi connectivity index (χ1v) is 8.05. The van der Waals surface area contributed by atoms with Crippen LogP contribution in [0, 0.1) is 5.92 Å². The summed E-state index contributed by atoms with van der Waals surface area (Å²) in [6.45, 7) is 2.50. The summed E-state index contributed by atoms with van der Waals surface area (Å²) in [5.41, 5.74) is 0. The molecule has 1 heterocycles. The minimum absolute atomic E-state index is 0.107. The molecular weight excluding hydrogens is 268 g/mol. The maximum atomic E-state index is 12.5. The first-order chi connectivity index (χ1) is 10.1. The van der Waals surface area contributed by atoms with E-state index in [-0.39, 0.29) is 12.1 Å². The van der Waals surface area contributed by atoms with Crippen LogP contribution < -0.4 is 5.32 Å². The first-order valence-electron chi connectivity index (χ1n) is 8.05. The molecule has 0 bridgehead atoms. The topological polar surface area (TPSA) is 69.6 Å². The predicted molar refractivity (Wildman–Crippen MR) is 81.1 cm³/mol. The van der Waals surface area contributed by atoms with Crippen molar-refractivity contribution < 1.29 is 14.7 Å². The van der Waals surface area contributed by atoms with E-state index < -0.39 is 12.0 Å². The summed E-state index contributed by atoms with van der Waals surface area (Å²) >= 11 is 0. The van der Waals surface area contributed by atoms with Crippen molar-refractivity contribution in [3.8, 4) is 0 Å². The Hall–Kier alpha value is -1.52. The molecule has 21 heavy (non-hydrogen) atoms. The van der Waals surface area contributed by atoms with Gasteiger partial charge in [-0.15, -0.1) is 0 Å². The van der Waals surface area contributed by atoms with Gasteiger partial charge >= 0.3 is 12.0 Å². The van der Waals surface area contributed by atoms with Gasteiger partial charge in [0.1, 0.15) is 6.04 Å². The molecule has 1 saturated heterocycles. The van der Waals surface area contributed by atoms with E-state index in [9.17, 15) is 14.7 Å². The smallest absolute Gasteiger partial charge is 0.326 e. The van der Waals surface area contributed by atoms with Gasteiger partial charge in [0, 0.05) is 12.6 Å². The van der Waals surface area contributed by atoms with E-state index in [1.54, 1.807) is 4.90 Å². The number of allylic oxidation sites excluding steroid dienone is 1. The number of rotatable bonds is 4. The monoisotopic (exact) mass is 294 g/mol. The molecule has 0 radical (unpaired) electrons. The maximum Gasteiger partial charge on any atom is 0.326 e. The quantitative estimate of drug-likeness (QED) is 0.619. The Labute approximate surface area is 126 Å². The molecule has 0 aromatic rings. The number of carboxylic acid groups (broad SMARTS) is 1. The van der Waals surface area contributed by atoms with Crippen LogP contribution >= 0.6 is 0 Å². The highest BCUT2D eigenvalue weighted by Gasteiger charge is 2.43. The van der Waals surface area contributed by atoms with Crippen LogP contribution in [0.2, 0.25) is 0 Å². The summed E-state index contributed by atoms with van der Waals surface area (Å²) in [5.74, 6) is -0.390. The van der Waals surface area contributed by atoms with Gasteiger partial charge in [-0.1, -0.05) is 25.0 Å². The number of carbonyl (C=O) groups is 2. The molecule has 118 valence electrons. The predicted octanol–water partition coefficient (Wildman–Crippen LogP) is 2.77. The van der Waals surface area contributed by atoms with Gasteiger partial charge in [-0.3, -0.25) is 0 Å². The fourth-order valence-corrected chi connectivity index (χ4v) is 3.69. The fraction of sp³-hybridized carbons (Fsp3) is 0.750. The first kappa shape index (κ1) is 15.9. The zero-order valence-corrected chi connectivity index (χ0v) is 12.8. The molecule has 2 aliphatic rings. The summed E-state index contributed by atoms with van der Waals surface area (Å²) in [6.07, 6.45) is 10.6. The van der Waals surface area contributed by atoms with Crippen molar-refractivity contribution in [3.05, 3.63) is 12.2 Å². The molecule has 2 rings (SSSR count). The Morgan fingerprint density at radius 3 is 2.71 bits per heavy atom. The number of piperidine rings is 1. The third-order valence-electron chi connectivity index (χ3n) is 4.72. The van der Waals surface area contributed by atoms with Gasteiger partial charge in [0.15, 0.2) is 0 Å². The van der Waals surface area contributed by atoms with Crippen LogP contribution in [0.5, 0.6) is 0 Å². The summed E-state index contributed by atoms with van der Waals surface area (Å²) < 4.78 is 0. The van der Waals surface area contributed by atoms with Gasteiger partial charge < -0.3 is 15.3 Å². The Balaban J connectivity index is 2.04. The molecule has 1 aliphatic carbocycles. The van der Waals surface area contributed by atoms with Crippen molar-refractivity contribution >= 4 is 12.0 Å². The van der Waals surface area contributed by atoms with Crippen LogP contribution in [0.3, 0.4) is 0 Å². The van der Waals surface area contributed by atoms with E-state index in [0.29, 0.717) is 18.9 Å². The standard InChI is InChI=1S/C16H26N2O3/c1-2-3-6-11-17-16(21)18-13-8-5-4-7-12(13)9-10-14(18)15(19)20/h2-3,12-14H,4-11H2,1H3,(H,17,21)(H,19,20)/b3-2+. The normalized spacial score (nSPS) is 29.2. The second-order valence-corrected chi connectivity index (χ2v) is 6.04. The van der Waals surface area contributed by atoms with Gasteiger partial charge in [0.25, 0.3) is 0 Å². The average molecular weight is 294 g/mol. The Morgan fingerprint density at radius 1 is 1.24 bits per heavy atom. The number of hydrogen-bond donors (Lipinski definition) is 2. The van der Waals surface area contributed by atoms with Crippen LogP contribution in [-0.4, -0.2) is 40.6 Å². The molecular formula is C16H26N2O3. The second-order valence-electron chi connectivity index (χ2n) is 6.04. The highest BCUT2D eigenvalue weighted by Crippen LogP contribution is 2.37. The number of aliphatic carboxylic acids is 1. The number of urea groups is 1. The second kappa shape index (κ2) is 7.48. The molecule has 0 aromatic carbocycles. The average Bonchev–Trinajstić information content (AvgIpc) is 2.50. The highest BCUT2D eigenvalue weighted by molar-refractivity contribution is 5.83. The van der Waals surface area contributed by atoms with Gasteiger partial charge in [-0.05, 0) is 44.9 Å². The zero-order valence-electron chi connectivity index (χ0n) is 12.8. The molecule has 2 amide bonds. The van der Waals surface area contributed by atoms with Crippen LogP contribution in [0.25, 0.3) is 0 Å². The van der Waals surface area contributed by atoms with E-state index in [4.69, 9.17) is 0 Å². The Kier molecular flexibility index (Phi) is 5.65. The molecule has 2 fully saturated rings. The lowest BCUT2D eigenvalue weighted by Gasteiger charge is -2.46. The van der Waals surface area contributed by atoms with Crippen LogP contribution in [0.15, 0.2) is 12.2 Å². The molecule has 5 nitrogen and oxygen atoms in total. The number of amides is 2.